The number of carboxylic acids is 1. The van der Waals surface area contributed by atoms with E-state index < -0.39 is 23.9 Å². The maximum atomic E-state index is 12.9. The minimum Gasteiger partial charge on any atom is -0.480 e. The first-order valence-corrected chi connectivity index (χ1v) is 4.31. The molecule has 0 aromatic carbocycles. The molecule has 13 heavy (non-hydrogen) atoms. The topological polar surface area (TPSA) is 40.5 Å². The van der Waals surface area contributed by atoms with Crippen LogP contribution in [0.2, 0.25) is 0 Å². The fourth-order valence-electron chi connectivity index (χ4n) is 2.42. The first-order valence-electron chi connectivity index (χ1n) is 4.31. The van der Waals surface area contributed by atoms with E-state index in [0.29, 0.717) is 0 Å². The minimum absolute atomic E-state index is 0.0622. The van der Waals surface area contributed by atoms with E-state index in [0.717, 1.165) is 0 Å². The summed E-state index contributed by atoms with van der Waals surface area (Å²) in [7, 11) is 0. The Kier molecular flexibility index (Phi) is 1.80. The number of hydrogen-bond acceptors (Lipinski definition) is 2. The maximum absolute atomic E-state index is 12.9. The van der Waals surface area contributed by atoms with E-state index in [1.165, 1.54) is 4.90 Å². The third-order valence-corrected chi connectivity index (χ3v) is 2.96. The Morgan fingerprint density at radius 1 is 1.31 bits per heavy atom. The van der Waals surface area contributed by atoms with Gasteiger partial charge < -0.3 is 5.11 Å². The summed E-state index contributed by atoms with van der Waals surface area (Å²) in [6.45, 7) is 0.124. The van der Waals surface area contributed by atoms with Crippen molar-refractivity contribution < 1.29 is 18.7 Å². The average Bonchev–Trinajstić information content (AvgIpc) is 2.40. The molecule has 74 valence electrons. The van der Waals surface area contributed by atoms with Crippen LogP contribution in [-0.4, -0.2) is 46.9 Å². The molecule has 2 aliphatic rings. The van der Waals surface area contributed by atoms with Gasteiger partial charge in [0.25, 0.3) is 0 Å². The lowest BCUT2D eigenvalue weighted by Gasteiger charge is -2.25. The lowest BCUT2D eigenvalue weighted by molar-refractivity contribution is -0.148. The molecule has 3 nitrogen and oxygen atoms in total. The molecule has 2 unspecified atom stereocenters. The van der Waals surface area contributed by atoms with Crippen molar-refractivity contribution in [1.29, 1.82) is 0 Å². The highest BCUT2D eigenvalue weighted by atomic mass is 19.1. The Hall–Kier alpha value is -0.710. The van der Waals surface area contributed by atoms with E-state index in [9.17, 15) is 13.6 Å². The van der Waals surface area contributed by atoms with E-state index in [-0.39, 0.29) is 25.9 Å². The summed E-state index contributed by atoms with van der Waals surface area (Å²) in [5, 5.41) is 8.93. The van der Waals surface area contributed by atoms with Gasteiger partial charge in [-0.05, 0) is 0 Å². The molecule has 0 saturated carbocycles. The summed E-state index contributed by atoms with van der Waals surface area (Å²) < 4.78 is 25.9. The van der Waals surface area contributed by atoms with Crippen molar-refractivity contribution in [3.8, 4) is 0 Å². The molecule has 2 fully saturated rings. The highest BCUT2D eigenvalue weighted by Gasteiger charge is 2.57. The smallest absolute Gasteiger partial charge is 0.324 e. The molecule has 0 radical (unpaired) electrons. The fraction of sp³-hybridized carbons (Fsp3) is 0.875. The van der Waals surface area contributed by atoms with Crippen LogP contribution in [0, 0.1) is 0 Å². The van der Waals surface area contributed by atoms with E-state index in [4.69, 9.17) is 5.11 Å². The number of fused-ring (bicyclic) bond motifs is 1. The second kappa shape index (κ2) is 2.64. The molecule has 2 heterocycles. The van der Waals surface area contributed by atoms with Crippen molar-refractivity contribution in [3.05, 3.63) is 0 Å². The van der Waals surface area contributed by atoms with Crippen molar-refractivity contribution >= 4 is 5.97 Å². The number of alkyl halides is 2. The molecule has 0 spiro atoms. The zero-order valence-corrected chi connectivity index (χ0v) is 7.04. The molecule has 1 N–H and O–H groups in total. The highest BCUT2D eigenvalue weighted by Crippen LogP contribution is 2.41. The molecule has 0 aromatic heterocycles. The molecular formula is C8H11F2NO2. The molecule has 0 amide bonds. The summed E-state index contributed by atoms with van der Waals surface area (Å²) in [6.07, 6.45) is -2.38. The molecule has 2 aliphatic heterocycles. The van der Waals surface area contributed by atoms with E-state index in [2.05, 4.69) is 0 Å². The van der Waals surface area contributed by atoms with Gasteiger partial charge in [-0.3, -0.25) is 9.69 Å². The molecule has 0 aromatic rings. The van der Waals surface area contributed by atoms with Crippen LogP contribution in [0.15, 0.2) is 0 Å². The molecule has 5 heteroatoms. The summed E-state index contributed by atoms with van der Waals surface area (Å²) in [4.78, 5) is 12.3. The summed E-state index contributed by atoms with van der Waals surface area (Å²) in [6, 6.07) is 0. The van der Waals surface area contributed by atoms with Gasteiger partial charge in [0.15, 0.2) is 0 Å². The van der Waals surface area contributed by atoms with E-state index in [1.807, 2.05) is 0 Å². The van der Waals surface area contributed by atoms with Gasteiger partial charge >= 0.3 is 5.97 Å². The standard InChI is InChI=1S/C8H11F2NO2/c9-5-1-8(7(12)13)2-6(10)4-11(8)3-5/h5-6H,1-4H2,(H,12,13)/t5-,6?,8?/m1/s1. The van der Waals surface area contributed by atoms with Gasteiger partial charge in [0.1, 0.15) is 17.9 Å². The molecular weight excluding hydrogens is 180 g/mol. The summed E-state index contributed by atoms with van der Waals surface area (Å²) in [5.41, 5.74) is -1.25. The Balaban J connectivity index is 2.26. The van der Waals surface area contributed by atoms with Gasteiger partial charge in [0.2, 0.25) is 0 Å². The SMILES string of the molecule is O=C(O)C12CC(F)CN1C[C@H](F)C2. The average molecular weight is 191 g/mol. The number of rotatable bonds is 1. The number of halogens is 2. The van der Waals surface area contributed by atoms with E-state index >= 15 is 0 Å². The van der Waals surface area contributed by atoms with Crippen LogP contribution >= 0.6 is 0 Å². The van der Waals surface area contributed by atoms with Crippen LogP contribution in [0.25, 0.3) is 0 Å². The first-order chi connectivity index (χ1) is 6.04. The maximum Gasteiger partial charge on any atom is 0.324 e. The van der Waals surface area contributed by atoms with Crippen molar-refractivity contribution in [3.63, 3.8) is 0 Å². The molecule has 2 rings (SSSR count). The Labute approximate surface area is 74.3 Å². The largest absolute Gasteiger partial charge is 0.480 e. The van der Waals surface area contributed by atoms with Crippen molar-refractivity contribution in [2.24, 2.45) is 0 Å². The number of carboxylic acid groups (broad SMARTS) is 1. The number of nitrogens with zero attached hydrogens (tertiary/aromatic N) is 1. The monoisotopic (exact) mass is 191 g/mol. The second-order valence-electron chi connectivity index (χ2n) is 3.84. The quantitative estimate of drug-likeness (QED) is 0.659. The minimum atomic E-state index is -1.25. The van der Waals surface area contributed by atoms with Gasteiger partial charge in [0, 0.05) is 25.9 Å². The highest BCUT2D eigenvalue weighted by molar-refractivity contribution is 5.80. The molecule has 0 bridgehead atoms. The third kappa shape index (κ3) is 1.14. The first kappa shape index (κ1) is 8.87. The fourth-order valence-corrected chi connectivity index (χ4v) is 2.42. The Morgan fingerprint density at radius 3 is 2.08 bits per heavy atom. The van der Waals surface area contributed by atoms with Crippen LogP contribution in [-0.2, 0) is 4.79 Å². The predicted molar refractivity (Wildman–Crippen MR) is 41.0 cm³/mol. The normalized spacial score (nSPS) is 45.1. The lowest BCUT2D eigenvalue weighted by Crippen LogP contribution is -2.45. The van der Waals surface area contributed by atoms with Crippen molar-refractivity contribution in [2.45, 2.75) is 30.7 Å². The number of carbonyl (C=O) groups is 1. The van der Waals surface area contributed by atoms with Crippen LogP contribution in [0.3, 0.4) is 0 Å². The second-order valence-corrected chi connectivity index (χ2v) is 3.84. The van der Waals surface area contributed by atoms with Gasteiger partial charge in [0.05, 0.1) is 0 Å². The van der Waals surface area contributed by atoms with Gasteiger partial charge in [-0.25, -0.2) is 8.78 Å². The summed E-state index contributed by atoms with van der Waals surface area (Å²) >= 11 is 0. The molecule has 2 saturated heterocycles. The van der Waals surface area contributed by atoms with Gasteiger partial charge in [-0.15, -0.1) is 0 Å². The number of hydrogen-bond donors (Lipinski definition) is 1. The zero-order valence-electron chi connectivity index (χ0n) is 7.04. The zero-order chi connectivity index (χ0) is 9.64. The van der Waals surface area contributed by atoms with Crippen LogP contribution < -0.4 is 0 Å². The summed E-state index contributed by atoms with van der Waals surface area (Å²) in [5.74, 6) is -1.09. The van der Waals surface area contributed by atoms with E-state index in [1.54, 1.807) is 0 Å². The number of aliphatic carboxylic acids is 1. The predicted octanol–water partition coefficient (Wildman–Crippen LogP) is 0.595. The Morgan fingerprint density at radius 2 is 1.77 bits per heavy atom. The van der Waals surface area contributed by atoms with Crippen LogP contribution in [0.4, 0.5) is 8.78 Å². The van der Waals surface area contributed by atoms with Crippen molar-refractivity contribution in [1.82, 2.24) is 4.90 Å². The van der Waals surface area contributed by atoms with Crippen molar-refractivity contribution in [2.75, 3.05) is 13.1 Å². The third-order valence-electron chi connectivity index (χ3n) is 2.96. The molecule has 0 aliphatic carbocycles. The Bertz CT molecular complexity index is 232. The van der Waals surface area contributed by atoms with Crippen LogP contribution in [0.1, 0.15) is 12.8 Å². The van der Waals surface area contributed by atoms with Gasteiger partial charge in [-0.1, -0.05) is 0 Å². The van der Waals surface area contributed by atoms with Crippen LogP contribution in [0.5, 0.6) is 0 Å². The molecule has 3 atom stereocenters. The van der Waals surface area contributed by atoms with Gasteiger partial charge in [-0.2, -0.15) is 0 Å². The lowest BCUT2D eigenvalue weighted by atomic mass is 9.93.